The van der Waals surface area contributed by atoms with Crippen LogP contribution in [0.3, 0.4) is 0 Å². The van der Waals surface area contributed by atoms with Gasteiger partial charge in [-0.3, -0.25) is 9.78 Å². The van der Waals surface area contributed by atoms with Gasteiger partial charge in [-0.15, -0.1) is 0 Å². The zero-order valence-corrected chi connectivity index (χ0v) is 16.8. The second-order valence-electron chi connectivity index (χ2n) is 6.48. The third kappa shape index (κ3) is 5.38. The van der Waals surface area contributed by atoms with E-state index in [9.17, 15) is 4.79 Å². The molecule has 1 amide bonds. The predicted molar refractivity (Wildman–Crippen MR) is 105 cm³/mol. The maximum atomic E-state index is 12.9. The van der Waals surface area contributed by atoms with E-state index in [0.717, 1.165) is 21.4 Å². The number of methoxy groups -OCH3 is 1. The molecule has 0 atom stereocenters. The lowest BCUT2D eigenvalue weighted by Crippen LogP contribution is -2.37. The summed E-state index contributed by atoms with van der Waals surface area (Å²) in [5.41, 5.74) is 3.28. The molecule has 134 valence electrons. The number of carbonyl (C=O) groups excluding carboxylic acids is 1. The van der Waals surface area contributed by atoms with Gasteiger partial charge in [-0.1, -0.05) is 41.9 Å². The van der Waals surface area contributed by atoms with Crippen molar-refractivity contribution < 1.29 is 9.53 Å². The Labute approximate surface area is 158 Å². The highest BCUT2D eigenvalue weighted by Crippen LogP contribution is 2.23. The van der Waals surface area contributed by atoms with Crippen molar-refractivity contribution in [2.24, 2.45) is 5.92 Å². The molecule has 5 heteroatoms. The lowest BCUT2D eigenvalue weighted by Gasteiger charge is -2.25. The van der Waals surface area contributed by atoms with E-state index in [1.165, 1.54) is 0 Å². The van der Waals surface area contributed by atoms with Crippen LogP contribution in [-0.4, -0.2) is 42.6 Å². The molecule has 2 aromatic rings. The highest BCUT2D eigenvalue weighted by Gasteiger charge is 2.19. The Hall–Kier alpha value is -1.72. The first-order chi connectivity index (χ1) is 11.9. The minimum atomic E-state index is 0.0107. The van der Waals surface area contributed by atoms with Crippen molar-refractivity contribution in [3.8, 4) is 11.3 Å². The molecule has 0 fully saturated rings. The summed E-state index contributed by atoms with van der Waals surface area (Å²) in [4.78, 5) is 19.4. The van der Waals surface area contributed by atoms with E-state index in [1.54, 1.807) is 7.11 Å². The van der Waals surface area contributed by atoms with Crippen molar-refractivity contribution in [2.75, 3.05) is 26.8 Å². The molecule has 0 aliphatic rings. The fourth-order valence-electron chi connectivity index (χ4n) is 2.68. The number of aromatic nitrogens is 1. The molecule has 0 saturated carbocycles. The van der Waals surface area contributed by atoms with Crippen molar-refractivity contribution >= 4 is 21.8 Å². The summed E-state index contributed by atoms with van der Waals surface area (Å²) in [7, 11) is 1.65. The summed E-state index contributed by atoms with van der Waals surface area (Å²) in [5.74, 6) is 0.409. The van der Waals surface area contributed by atoms with Crippen molar-refractivity contribution in [2.45, 2.75) is 20.8 Å². The van der Waals surface area contributed by atoms with Gasteiger partial charge in [0, 0.05) is 30.2 Å². The van der Waals surface area contributed by atoms with Crippen LogP contribution in [0.1, 0.15) is 29.9 Å². The maximum absolute atomic E-state index is 12.9. The fraction of sp³-hybridized carbons (Fsp3) is 0.400. The van der Waals surface area contributed by atoms with E-state index < -0.39 is 0 Å². The summed E-state index contributed by atoms with van der Waals surface area (Å²) in [6.45, 7) is 7.91. The van der Waals surface area contributed by atoms with Gasteiger partial charge in [0.15, 0.2) is 0 Å². The third-order valence-corrected chi connectivity index (χ3v) is 4.37. The van der Waals surface area contributed by atoms with Gasteiger partial charge < -0.3 is 9.64 Å². The Bertz CT molecular complexity index is 731. The van der Waals surface area contributed by atoms with Gasteiger partial charge in [-0.25, -0.2) is 0 Å². The molecular formula is C20H25BrN2O2. The fourth-order valence-corrected chi connectivity index (χ4v) is 3.08. The summed E-state index contributed by atoms with van der Waals surface area (Å²) in [6.07, 6.45) is 0. The number of hydrogen-bond acceptors (Lipinski definition) is 3. The molecule has 0 spiro atoms. The summed E-state index contributed by atoms with van der Waals surface area (Å²) in [6, 6.07) is 11.8. The molecule has 0 N–H and O–H groups in total. The second-order valence-corrected chi connectivity index (χ2v) is 7.39. The molecule has 0 bridgehead atoms. The molecule has 1 aromatic heterocycles. The highest BCUT2D eigenvalue weighted by molar-refractivity contribution is 9.10. The van der Waals surface area contributed by atoms with Crippen LogP contribution in [0.2, 0.25) is 0 Å². The van der Waals surface area contributed by atoms with Gasteiger partial charge in [0.05, 0.1) is 23.6 Å². The van der Waals surface area contributed by atoms with Gasteiger partial charge in [-0.2, -0.15) is 0 Å². The van der Waals surface area contributed by atoms with Crippen molar-refractivity contribution in [3.63, 3.8) is 0 Å². The molecular weight excluding hydrogens is 380 g/mol. The lowest BCUT2D eigenvalue weighted by molar-refractivity contribution is 0.0671. The average molecular weight is 405 g/mol. The first-order valence-electron chi connectivity index (χ1n) is 8.44. The Balaban J connectivity index is 2.27. The molecule has 25 heavy (non-hydrogen) atoms. The molecule has 2 rings (SSSR count). The van der Waals surface area contributed by atoms with Gasteiger partial charge in [0.2, 0.25) is 0 Å². The number of ether oxygens (including phenoxy) is 1. The first kappa shape index (κ1) is 19.6. The van der Waals surface area contributed by atoms with E-state index >= 15 is 0 Å². The third-order valence-electron chi connectivity index (χ3n) is 3.87. The van der Waals surface area contributed by atoms with Crippen LogP contribution in [0, 0.1) is 12.8 Å². The van der Waals surface area contributed by atoms with Crippen molar-refractivity contribution in [3.05, 3.63) is 52.1 Å². The first-order valence-corrected chi connectivity index (χ1v) is 9.23. The topological polar surface area (TPSA) is 42.4 Å². The molecule has 1 aromatic carbocycles. The molecule has 0 aliphatic heterocycles. The monoisotopic (exact) mass is 404 g/mol. The summed E-state index contributed by atoms with van der Waals surface area (Å²) in [5, 5.41) is 0. The smallest absolute Gasteiger partial charge is 0.255 e. The van der Waals surface area contributed by atoms with Gasteiger partial charge in [0.25, 0.3) is 5.91 Å². The molecule has 4 nitrogen and oxygen atoms in total. The Kier molecular flexibility index (Phi) is 7.14. The average Bonchev–Trinajstić information content (AvgIpc) is 2.57. The number of rotatable bonds is 7. The number of halogens is 1. The number of carbonyl (C=O) groups is 1. The number of pyridine rings is 1. The number of nitrogens with zero attached hydrogens (tertiary/aromatic N) is 2. The largest absolute Gasteiger partial charge is 0.383 e. The summed E-state index contributed by atoms with van der Waals surface area (Å²) < 4.78 is 6.15. The quantitative estimate of drug-likeness (QED) is 0.678. The van der Waals surface area contributed by atoms with Crippen LogP contribution < -0.4 is 0 Å². The molecule has 0 radical (unpaired) electrons. The van der Waals surface area contributed by atoms with E-state index in [2.05, 4.69) is 34.8 Å². The minimum Gasteiger partial charge on any atom is -0.383 e. The van der Waals surface area contributed by atoms with Crippen LogP contribution in [0.5, 0.6) is 0 Å². The standard InChI is InChI=1S/C20H25BrN2O2/c1-14(2)13-23(10-11-25-4)20(24)18-8-9-19(22-15(18)3)16-6-5-7-17(21)12-16/h5-9,12,14H,10-11,13H2,1-4H3. The number of aryl methyl sites for hydroxylation is 1. The Morgan fingerprint density at radius 3 is 2.64 bits per heavy atom. The number of hydrogen-bond donors (Lipinski definition) is 0. The Morgan fingerprint density at radius 2 is 2.04 bits per heavy atom. The maximum Gasteiger partial charge on any atom is 0.255 e. The SMILES string of the molecule is COCCN(CC(C)C)C(=O)c1ccc(-c2cccc(Br)c2)nc1C. The van der Waals surface area contributed by atoms with Crippen LogP contribution in [0.4, 0.5) is 0 Å². The Morgan fingerprint density at radius 1 is 1.28 bits per heavy atom. The second kappa shape index (κ2) is 9.11. The normalized spacial score (nSPS) is 11.0. The molecule has 0 aliphatic carbocycles. The van der Waals surface area contributed by atoms with Crippen LogP contribution in [0.25, 0.3) is 11.3 Å². The van der Waals surface area contributed by atoms with E-state index in [4.69, 9.17) is 4.74 Å². The number of amides is 1. The van der Waals surface area contributed by atoms with Gasteiger partial charge >= 0.3 is 0 Å². The zero-order chi connectivity index (χ0) is 18.4. The van der Waals surface area contributed by atoms with Crippen LogP contribution >= 0.6 is 15.9 Å². The van der Waals surface area contributed by atoms with Crippen molar-refractivity contribution in [1.29, 1.82) is 0 Å². The lowest BCUT2D eigenvalue weighted by atomic mass is 10.1. The van der Waals surface area contributed by atoms with E-state index in [1.807, 2.05) is 48.2 Å². The summed E-state index contributed by atoms with van der Waals surface area (Å²) >= 11 is 3.48. The predicted octanol–water partition coefficient (Wildman–Crippen LogP) is 4.56. The van der Waals surface area contributed by atoms with E-state index in [-0.39, 0.29) is 5.91 Å². The molecule has 0 unspecified atom stereocenters. The molecule has 0 saturated heterocycles. The van der Waals surface area contributed by atoms with Crippen LogP contribution in [0.15, 0.2) is 40.9 Å². The number of benzene rings is 1. The molecule has 1 heterocycles. The van der Waals surface area contributed by atoms with Gasteiger partial charge in [0.1, 0.15) is 0 Å². The van der Waals surface area contributed by atoms with Crippen molar-refractivity contribution in [1.82, 2.24) is 9.88 Å². The minimum absolute atomic E-state index is 0.0107. The van der Waals surface area contributed by atoms with Gasteiger partial charge in [-0.05, 0) is 37.1 Å². The van der Waals surface area contributed by atoms with E-state index in [0.29, 0.717) is 31.2 Å². The zero-order valence-electron chi connectivity index (χ0n) is 15.3. The van der Waals surface area contributed by atoms with Crippen LogP contribution in [-0.2, 0) is 4.74 Å². The highest BCUT2D eigenvalue weighted by atomic mass is 79.9.